The molecule has 4 aliphatic heterocycles. The van der Waals surface area contributed by atoms with Crippen LogP contribution in [0.15, 0.2) is 30.6 Å². The first-order chi connectivity index (χ1) is 20.7. The zero-order valence-electron chi connectivity index (χ0n) is 23.4. The van der Waals surface area contributed by atoms with Crippen LogP contribution in [0.4, 0.5) is 8.78 Å². The number of fused-ring (bicyclic) bond motifs is 6. The Bertz CT molecular complexity index is 1350. The maximum absolute atomic E-state index is 14.0. The molecule has 5 N–H and O–H groups in total. The number of hydrogen-bond acceptors (Lipinski definition) is 9. The Morgan fingerprint density at radius 2 is 1.79 bits per heavy atom. The Morgan fingerprint density at radius 3 is 2.56 bits per heavy atom. The van der Waals surface area contributed by atoms with Crippen LogP contribution in [0.5, 0.6) is 0 Å². The minimum absolute atomic E-state index is 0.0375. The van der Waals surface area contributed by atoms with Crippen molar-refractivity contribution < 1.29 is 38.1 Å². The van der Waals surface area contributed by atoms with Crippen LogP contribution in [0.2, 0.25) is 0 Å². The third kappa shape index (κ3) is 6.26. The van der Waals surface area contributed by atoms with E-state index in [1.807, 2.05) is 4.90 Å². The number of rotatable bonds is 4. The van der Waals surface area contributed by atoms with Crippen molar-refractivity contribution in [2.45, 2.75) is 68.5 Å². The summed E-state index contributed by atoms with van der Waals surface area (Å²) in [6.07, 6.45) is -1.14. The van der Waals surface area contributed by atoms with E-state index in [0.29, 0.717) is 37.4 Å². The van der Waals surface area contributed by atoms with Crippen LogP contribution in [0.25, 0.3) is 0 Å². The number of hydrogen-bond donors (Lipinski definition) is 5. The van der Waals surface area contributed by atoms with Crippen molar-refractivity contribution in [2.24, 2.45) is 0 Å². The lowest BCUT2D eigenvalue weighted by molar-refractivity contribution is -0.142. The van der Waals surface area contributed by atoms with Gasteiger partial charge < -0.3 is 35.5 Å². The molecule has 0 radical (unpaired) electrons. The number of aromatic amines is 1. The Balaban J connectivity index is 1.27. The summed E-state index contributed by atoms with van der Waals surface area (Å²) in [5, 5.41) is 26.9. The van der Waals surface area contributed by atoms with Gasteiger partial charge in [0.15, 0.2) is 11.6 Å². The maximum Gasteiger partial charge on any atom is 0.240 e. The molecule has 43 heavy (non-hydrogen) atoms. The number of carbonyl (C=O) groups is 3. The zero-order valence-corrected chi connectivity index (χ0v) is 23.4. The van der Waals surface area contributed by atoms with E-state index in [9.17, 15) is 33.4 Å². The molecule has 5 heterocycles. The molecule has 0 spiro atoms. The predicted molar refractivity (Wildman–Crippen MR) is 145 cm³/mol. The van der Waals surface area contributed by atoms with Crippen molar-refractivity contribution in [3.63, 3.8) is 0 Å². The number of benzene rings is 1. The Morgan fingerprint density at radius 1 is 0.977 bits per heavy atom. The summed E-state index contributed by atoms with van der Waals surface area (Å²) in [5.74, 6) is -2.32. The molecule has 3 amide bonds. The van der Waals surface area contributed by atoms with Gasteiger partial charge in [-0.3, -0.25) is 24.2 Å². The van der Waals surface area contributed by atoms with Gasteiger partial charge in [-0.25, -0.2) is 13.8 Å². The van der Waals surface area contributed by atoms with Crippen LogP contribution in [0.1, 0.15) is 24.2 Å². The Hall–Kier alpha value is -3.50. The third-order valence-electron chi connectivity index (χ3n) is 8.76. The first-order valence-corrected chi connectivity index (χ1v) is 14.4. The second kappa shape index (κ2) is 12.2. The van der Waals surface area contributed by atoms with Gasteiger partial charge in [-0.15, -0.1) is 0 Å². The minimum atomic E-state index is -1.33. The van der Waals surface area contributed by atoms with E-state index in [1.165, 1.54) is 6.07 Å². The molecule has 0 aliphatic carbocycles. The fraction of sp³-hybridized carbons (Fsp3) is 0.571. The second-order valence-electron chi connectivity index (χ2n) is 11.6. The lowest BCUT2D eigenvalue weighted by atomic mass is 10.0. The molecule has 0 saturated carbocycles. The van der Waals surface area contributed by atoms with E-state index in [4.69, 9.17) is 4.74 Å². The number of halogens is 2. The molecule has 4 saturated heterocycles. The normalized spacial score (nSPS) is 32.6. The Labute approximate surface area is 246 Å². The first-order valence-electron chi connectivity index (χ1n) is 14.4. The molecule has 4 aliphatic rings. The van der Waals surface area contributed by atoms with E-state index in [2.05, 4.69) is 20.6 Å². The molecular formula is C28H35F2N7O6. The van der Waals surface area contributed by atoms with Crippen LogP contribution >= 0.6 is 0 Å². The monoisotopic (exact) mass is 603 g/mol. The number of imidazole rings is 1. The number of H-pyrrole nitrogens is 1. The summed E-state index contributed by atoms with van der Waals surface area (Å²) in [6, 6.07) is 1.78. The number of nitrogens with zero attached hydrogens (tertiary/aromatic N) is 4. The number of likely N-dealkylation sites (tertiary alicyclic amines) is 1. The molecule has 0 unspecified atom stereocenters. The topological polar surface area (TPSA) is 163 Å². The molecule has 2 aromatic rings. The summed E-state index contributed by atoms with van der Waals surface area (Å²) in [7, 11) is 0. The highest BCUT2D eigenvalue weighted by Crippen LogP contribution is 2.27. The van der Waals surface area contributed by atoms with E-state index in [-0.39, 0.29) is 50.5 Å². The summed E-state index contributed by atoms with van der Waals surface area (Å²) in [5.41, 5.74) is 0.470. The molecule has 232 valence electrons. The summed E-state index contributed by atoms with van der Waals surface area (Å²) in [4.78, 5) is 53.2. The maximum atomic E-state index is 14.0. The third-order valence-corrected chi connectivity index (χ3v) is 8.76. The number of amides is 3. The molecule has 1 aromatic carbocycles. The molecule has 4 fully saturated rings. The molecule has 1 aromatic heterocycles. The van der Waals surface area contributed by atoms with Gasteiger partial charge >= 0.3 is 0 Å². The van der Waals surface area contributed by atoms with Crippen molar-refractivity contribution in [3.8, 4) is 0 Å². The predicted octanol–water partition coefficient (Wildman–Crippen LogP) is -1.53. The highest BCUT2D eigenvalue weighted by molar-refractivity contribution is 5.86. The number of nitrogens with one attached hydrogen (secondary N) is 3. The van der Waals surface area contributed by atoms with Gasteiger partial charge in [0.05, 0.1) is 25.1 Å². The fourth-order valence-corrected chi connectivity index (χ4v) is 6.51. The van der Waals surface area contributed by atoms with E-state index >= 15 is 0 Å². The molecule has 7 atom stereocenters. The number of aliphatic hydroxyl groups is 2. The molecule has 6 bridgehead atoms. The van der Waals surface area contributed by atoms with Gasteiger partial charge in [-0.1, -0.05) is 6.07 Å². The highest BCUT2D eigenvalue weighted by Gasteiger charge is 2.46. The SMILES string of the molecule is O=C1C[C@@H]2O[C@H](CNC(=O)[C@@H]3CN(CCN3Cc3ccc(F)c(F)c3)C(=O)[C@@H]3C[C@@H](CN3Cc3ncc[nH]3)N1)[C@@H](O)[C@H]2O. The number of carbonyl (C=O) groups excluding carboxylic acids is 3. The highest BCUT2D eigenvalue weighted by atomic mass is 19.2. The summed E-state index contributed by atoms with van der Waals surface area (Å²) in [6.45, 7) is 1.35. The van der Waals surface area contributed by atoms with Crippen LogP contribution in [-0.4, -0.2) is 128 Å². The van der Waals surface area contributed by atoms with Crippen molar-refractivity contribution in [2.75, 3.05) is 32.7 Å². The van der Waals surface area contributed by atoms with Gasteiger partial charge in [-0.2, -0.15) is 0 Å². The van der Waals surface area contributed by atoms with Gasteiger partial charge in [0, 0.05) is 57.7 Å². The standard InChI is InChI=1S/C28H35F2N7O6/c29-17-2-1-15(7-18(17)30)11-35-5-6-36-13-20(35)27(41)33-10-22-26(40)25(39)21(43-22)9-24(38)34-16-8-19(28(36)42)37(12-16)14-23-31-3-4-32-23/h1-4,7,16,19-22,25-26,39-40H,5-6,8-14H2,(H,31,32)(H,33,41)(H,34,38)/t16-,19-,20-,21-,22+,25-,26+/m0/s1. The fourth-order valence-electron chi connectivity index (χ4n) is 6.51. The second-order valence-corrected chi connectivity index (χ2v) is 11.6. The molecule has 6 rings (SSSR count). The zero-order chi connectivity index (χ0) is 30.2. The smallest absolute Gasteiger partial charge is 0.240 e. The quantitative estimate of drug-likeness (QED) is 0.279. The molecular weight excluding hydrogens is 568 g/mol. The lowest BCUT2D eigenvalue weighted by Gasteiger charge is -2.42. The number of aromatic nitrogens is 2. The van der Waals surface area contributed by atoms with E-state index in [1.54, 1.807) is 22.2 Å². The van der Waals surface area contributed by atoms with Crippen molar-refractivity contribution >= 4 is 17.7 Å². The minimum Gasteiger partial charge on any atom is -0.388 e. The van der Waals surface area contributed by atoms with Crippen molar-refractivity contribution in [1.82, 2.24) is 35.3 Å². The average molecular weight is 604 g/mol. The van der Waals surface area contributed by atoms with E-state index in [0.717, 1.165) is 12.1 Å². The van der Waals surface area contributed by atoms with Crippen molar-refractivity contribution in [3.05, 3.63) is 53.6 Å². The summed E-state index contributed by atoms with van der Waals surface area (Å²) >= 11 is 0. The number of aliphatic hydroxyl groups excluding tert-OH is 2. The van der Waals surface area contributed by atoms with Gasteiger partial charge in [0.2, 0.25) is 17.7 Å². The van der Waals surface area contributed by atoms with Crippen LogP contribution in [0, 0.1) is 11.6 Å². The van der Waals surface area contributed by atoms with Gasteiger partial charge in [0.1, 0.15) is 30.2 Å². The number of piperazine rings is 1. The Kier molecular flexibility index (Phi) is 8.42. The molecule has 15 heteroatoms. The lowest BCUT2D eigenvalue weighted by Crippen LogP contribution is -2.62. The van der Waals surface area contributed by atoms with Crippen LogP contribution in [-0.2, 0) is 32.2 Å². The summed E-state index contributed by atoms with van der Waals surface area (Å²) < 4.78 is 33.3. The first kappa shape index (κ1) is 29.6. The van der Waals surface area contributed by atoms with Crippen LogP contribution < -0.4 is 10.6 Å². The largest absolute Gasteiger partial charge is 0.388 e. The van der Waals surface area contributed by atoms with Gasteiger partial charge in [0.25, 0.3) is 0 Å². The van der Waals surface area contributed by atoms with Gasteiger partial charge in [-0.05, 0) is 24.1 Å². The van der Waals surface area contributed by atoms with E-state index < -0.39 is 54.0 Å². The average Bonchev–Trinajstić information content (AvgIpc) is 3.70. The van der Waals surface area contributed by atoms with Crippen LogP contribution in [0.3, 0.4) is 0 Å². The van der Waals surface area contributed by atoms with Crippen molar-refractivity contribution in [1.29, 1.82) is 0 Å². The molecule has 13 nitrogen and oxygen atoms in total. The number of ether oxygens (including phenoxy) is 1.